The summed E-state index contributed by atoms with van der Waals surface area (Å²) in [4.78, 5) is 15.9. The molecule has 4 rings (SSSR count). The van der Waals surface area contributed by atoms with Crippen LogP contribution >= 0.6 is 0 Å². The number of amides is 2. The lowest BCUT2D eigenvalue weighted by Gasteiger charge is -2.28. The summed E-state index contributed by atoms with van der Waals surface area (Å²) < 4.78 is 5.37. The summed E-state index contributed by atoms with van der Waals surface area (Å²) >= 11 is 0. The summed E-state index contributed by atoms with van der Waals surface area (Å²) in [6, 6.07) is 16.3. The third-order valence-electron chi connectivity index (χ3n) is 5.42. The molecule has 0 spiro atoms. The smallest absolute Gasteiger partial charge is 0.321 e. The minimum atomic E-state index is -0.244. The van der Waals surface area contributed by atoms with Crippen molar-refractivity contribution in [2.24, 2.45) is 0 Å². The zero-order valence-electron chi connectivity index (χ0n) is 15.5. The number of nitriles is 1. The van der Waals surface area contributed by atoms with Gasteiger partial charge in [0.1, 0.15) is 5.75 Å². The van der Waals surface area contributed by atoms with Gasteiger partial charge in [0, 0.05) is 37.1 Å². The van der Waals surface area contributed by atoms with Crippen LogP contribution in [0.5, 0.6) is 5.75 Å². The van der Waals surface area contributed by atoms with Crippen molar-refractivity contribution in [3.63, 3.8) is 0 Å². The van der Waals surface area contributed by atoms with Crippen molar-refractivity contribution >= 4 is 17.4 Å². The Kier molecular flexibility index (Phi) is 4.36. The third kappa shape index (κ3) is 2.76. The summed E-state index contributed by atoms with van der Waals surface area (Å²) in [5.41, 5.74) is 4.04. The first-order valence-corrected chi connectivity index (χ1v) is 9.17. The zero-order chi connectivity index (χ0) is 19.0. The van der Waals surface area contributed by atoms with E-state index in [1.807, 2.05) is 42.5 Å². The number of hydrogen-bond acceptors (Lipinski definition) is 4. The van der Waals surface area contributed by atoms with Crippen molar-refractivity contribution < 1.29 is 9.53 Å². The van der Waals surface area contributed by atoms with Gasteiger partial charge >= 0.3 is 6.03 Å². The molecular formula is C21H22N4O2. The van der Waals surface area contributed by atoms with Gasteiger partial charge in [-0.1, -0.05) is 18.2 Å². The number of nitrogens with one attached hydrogen (secondary N) is 1. The number of likely N-dealkylation sites (N-methyl/N-ethyl adjacent to an activating group) is 1. The van der Waals surface area contributed by atoms with Gasteiger partial charge in [0.25, 0.3) is 0 Å². The van der Waals surface area contributed by atoms with Crippen molar-refractivity contribution in [1.29, 1.82) is 5.26 Å². The number of rotatable bonds is 4. The Bertz CT molecular complexity index is 903. The van der Waals surface area contributed by atoms with Crippen molar-refractivity contribution in [3.05, 3.63) is 53.6 Å². The number of fused-ring (bicyclic) bond motifs is 1. The number of ether oxygens (including phenoxy) is 1. The van der Waals surface area contributed by atoms with E-state index in [2.05, 4.69) is 23.2 Å². The van der Waals surface area contributed by atoms with E-state index in [1.54, 1.807) is 12.0 Å². The number of benzene rings is 2. The summed E-state index contributed by atoms with van der Waals surface area (Å²) in [7, 11) is 1.65. The molecule has 2 amide bonds. The van der Waals surface area contributed by atoms with Crippen molar-refractivity contribution in [2.45, 2.75) is 18.9 Å². The molecule has 2 aliphatic rings. The molecule has 2 atom stereocenters. The average Bonchev–Trinajstić information content (AvgIpc) is 3.27. The molecule has 1 N–H and O–H groups in total. The first kappa shape index (κ1) is 17.2. The number of carbonyl (C=O) groups is 1. The highest BCUT2D eigenvalue weighted by atomic mass is 16.5. The first-order valence-electron chi connectivity index (χ1n) is 9.17. The van der Waals surface area contributed by atoms with Gasteiger partial charge in [0.05, 0.1) is 25.1 Å². The van der Waals surface area contributed by atoms with Crippen LogP contribution < -0.4 is 19.9 Å². The SMILES string of the molecule is CCN1c2cc(OC)ccc2C(C#N)C1c1ccc(N2CCNC2=O)cc1. The number of anilines is 2. The van der Waals surface area contributed by atoms with Crippen LogP contribution in [0.3, 0.4) is 0 Å². The zero-order valence-corrected chi connectivity index (χ0v) is 15.5. The lowest BCUT2D eigenvalue weighted by Crippen LogP contribution is -2.28. The van der Waals surface area contributed by atoms with E-state index in [1.165, 1.54) is 0 Å². The van der Waals surface area contributed by atoms with E-state index < -0.39 is 0 Å². The van der Waals surface area contributed by atoms with Crippen LogP contribution in [0.25, 0.3) is 0 Å². The Morgan fingerprint density at radius 2 is 2.04 bits per heavy atom. The highest BCUT2D eigenvalue weighted by molar-refractivity contribution is 5.94. The Hall–Kier alpha value is -3.20. The van der Waals surface area contributed by atoms with E-state index in [0.717, 1.165) is 34.8 Å². The summed E-state index contributed by atoms with van der Waals surface area (Å²) in [6.07, 6.45) is 0. The fourth-order valence-electron chi connectivity index (χ4n) is 4.11. The molecule has 6 nitrogen and oxygen atoms in total. The normalized spacial score (nSPS) is 21.0. The molecule has 0 aromatic heterocycles. The van der Waals surface area contributed by atoms with Gasteiger partial charge in [0.15, 0.2) is 0 Å². The monoisotopic (exact) mass is 362 g/mol. The number of carbonyl (C=O) groups excluding carboxylic acids is 1. The Morgan fingerprint density at radius 1 is 1.26 bits per heavy atom. The predicted octanol–water partition coefficient (Wildman–Crippen LogP) is 3.41. The van der Waals surface area contributed by atoms with Crippen LogP contribution in [0.4, 0.5) is 16.2 Å². The van der Waals surface area contributed by atoms with Gasteiger partial charge in [-0.25, -0.2) is 4.79 Å². The number of nitrogens with zero attached hydrogens (tertiary/aromatic N) is 3. The fourth-order valence-corrected chi connectivity index (χ4v) is 4.11. The van der Waals surface area contributed by atoms with Gasteiger partial charge in [-0.05, 0) is 36.2 Å². The van der Waals surface area contributed by atoms with Gasteiger partial charge in [-0.15, -0.1) is 0 Å². The minimum Gasteiger partial charge on any atom is -0.497 e. The van der Waals surface area contributed by atoms with Crippen LogP contribution in [-0.2, 0) is 0 Å². The average molecular weight is 362 g/mol. The molecule has 27 heavy (non-hydrogen) atoms. The molecule has 0 saturated carbocycles. The second-order valence-corrected chi connectivity index (χ2v) is 6.74. The van der Waals surface area contributed by atoms with Crippen molar-refractivity contribution in [3.8, 4) is 11.8 Å². The van der Waals surface area contributed by atoms with Gasteiger partial charge in [-0.3, -0.25) is 4.90 Å². The van der Waals surface area contributed by atoms with Crippen LogP contribution in [0.15, 0.2) is 42.5 Å². The summed E-state index contributed by atoms with van der Waals surface area (Å²) in [6.45, 7) is 4.23. The molecule has 138 valence electrons. The maximum absolute atomic E-state index is 11.9. The molecule has 2 unspecified atom stereocenters. The van der Waals surface area contributed by atoms with E-state index in [-0.39, 0.29) is 18.0 Å². The second-order valence-electron chi connectivity index (χ2n) is 6.74. The molecular weight excluding hydrogens is 340 g/mol. The topological polar surface area (TPSA) is 68.6 Å². The molecule has 0 bridgehead atoms. The van der Waals surface area contributed by atoms with E-state index in [0.29, 0.717) is 13.1 Å². The minimum absolute atomic E-state index is 0.0523. The Balaban J connectivity index is 1.70. The standard InChI is InChI=1S/C21H22N4O2/c1-3-24-19-12-16(27-2)8-9-17(19)18(13-22)20(24)14-4-6-15(7-5-14)25-11-10-23-21(25)26/h4-9,12,18,20H,3,10-11H2,1-2H3,(H,23,26). The highest BCUT2D eigenvalue weighted by Crippen LogP contribution is 2.49. The van der Waals surface area contributed by atoms with Crippen molar-refractivity contribution in [1.82, 2.24) is 5.32 Å². The number of hydrogen-bond donors (Lipinski definition) is 1. The molecule has 6 heteroatoms. The van der Waals surface area contributed by atoms with Crippen LogP contribution in [0.1, 0.15) is 30.0 Å². The largest absolute Gasteiger partial charge is 0.497 e. The summed E-state index contributed by atoms with van der Waals surface area (Å²) in [5.74, 6) is 0.548. The number of urea groups is 1. The molecule has 2 aromatic carbocycles. The third-order valence-corrected chi connectivity index (χ3v) is 5.42. The maximum atomic E-state index is 11.9. The van der Waals surface area contributed by atoms with Gasteiger partial charge in [0.2, 0.25) is 0 Å². The van der Waals surface area contributed by atoms with E-state index in [4.69, 9.17) is 4.74 Å². The maximum Gasteiger partial charge on any atom is 0.321 e. The molecule has 1 fully saturated rings. The Morgan fingerprint density at radius 3 is 2.63 bits per heavy atom. The molecule has 2 heterocycles. The molecule has 2 aromatic rings. The van der Waals surface area contributed by atoms with Crippen LogP contribution in [-0.4, -0.2) is 32.8 Å². The van der Waals surface area contributed by atoms with Crippen molar-refractivity contribution in [2.75, 3.05) is 36.5 Å². The fraction of sp³-hybridized carbons (Fsp3) is 0.333. The first-order chi connectivity index (χ1) is 13.2. The van der Waals surface area contributed by atoms with Crippen LogP contribution in [0.2, 0.25) is 0 Å². The van der Waals surface area contributed by atoms with Gasteiger partial charge in [-0.2, -0.15) is 5.26 Å². The molecule has 0 aliphatic carbocycles. The lowest BCUT2D eigenvalue weighted by atomic mass is 9.91. The predicted molar refractivity (Wildman–Crippen MR) is 104 cm³/mol. The van der Waals surface area contributed by atoms with Gasteiger partial charge < -0.3 is 15.0 Å². The highest BCUT2D eigenvalue weighted by Gasteiger charge is 2.39. The quantitative estimate of drug-likeness (QED) is 0.905. The van der Waals surface area contributed by atoms with E-state index in [9.17, 15) is 10.1 Å². The lowest BCUT2D eigenvalue weighted by molar-refractivity contribution is 0.252. The second kappa shape index (κ2) is 6.84. The van der Waals surface area contributed by atoms with Crippen LogP contribution in [0, 0.1) is 11.3 Å². The summed E-state index contributed by atoms with van der Waals surface area (Å²) in [5, 5.41) is 12.7. The molecule has 0 radical (unpaired) electrons. The number of methoxy groups -OCH3 is 1. The Labute approximate surface area is 158 Å². The molecule has 2 aliphatic heterocycles. The van der Waals surface area contributed by atoms with E-state index >= 15 is 0 Å². The molecule has 1 saturated heterocycles.